The van der Waals surface area contributed by atoms with Crippen molar-refractivity contribution < 1.29 is 9.21 Å². The maximum Gasteiger partial charge on any atom is 0.238 e. The van der Waals surface area contributed by atoms with E-state index in [-0.39, 0.29) is 11.9 Å². The maximum atomic E-state index is 12.1. The Morgan fingerprint density at radius 3 is 2.65 bits per heavy atom. The molecule has 0 aliphatic rings. The van der Waals surface area contributed by atoms with Crippen molar-refractivity contribution in [3.8, 4) is 0 Å². The summed E-state index contributed by atoms with van der Waals surface area (Å²) in [6, 6.07) is 12.3. The molecule has 2 unspecified atom stereocenters. The summed E-state index contributed by atoms with van der Waals surface area (Å²) in [5.41, 5.74) is 6.74. The summed E-state index contributed by atoms with van der Waals surface area (Å²) in [4.78, 5) is 12.1. The van der Waals surface area contributed by atoms with Crippen LogP contribution in [-0.4, -0.2) is 11.9 Å². The molecule has 0 fully saturated rings. The lowest BCUT2D eigenvalue weighted by Gasteiger charge is -2.19. The van der Waals surface area contributed by atoms with Crippen LogP contribution in [-0.2, 0) is 4.79 Å². The molecular weight excluding hydrogens is 252 g/mol. The number of benzene rings is 1. The van der Waals surface area contributed by atoms with Crippen LogP contribution in [0.3, 0.4) is 0 Å². The molecule has 2 aromatic rings. The average Bonchev–Trinajstić information content (AvgIpc) is 2.99. The van der Waals surface area contributed by atoms with Crippen molar-refractivity contribution >= 4 is 5.91 Å². The first-order valence-corrected chi connectivity index (χ1v) is 6.47. The summed E-state index contributed by atoms with van der Waals surface area (Å²) in [5.74, 6) is 0.450. The Bertz CT molecular complexity index is 549. The van der Waals surface area contributed by atoms with Gasteiger partial charge in [-0.25, -0.2) is 0 Å². The number of furan rings is 1. The van der Waals surface area contributed by atoms with Crippen molar-refractivity contribution in [3.63, 3.8) is 0 Å². The van der Waals surface area contributed by atoms with Gasteiger partial charge in [-0.3, -0.25) is 4.79 Å². The topological polar surface area (TPSA) is 68.3 Å². The molecule has 4 nitrogen and oxygen atoms in total. The lowest BCUT2D eigenvalue weighted by molar-refractivity contribution is -0.122. The Kier molecular flexibility index (Phi) is 4.74. The number of amides is 1. The van der Waals surface area contributed by atoms with Crippen molar-refractivity contribution in [2.24, 2.45) is 5.73 Å². The van der Waals surface area contributed by atoms with Gasteiger partial charge in [-0.15, -0.1) is 6.58 Å². The van der Waals surface area contributed by atoms with Crippen LogP contribution in [0.2, 0.25) is 0 Å². The van der Waals surface area contributed by atoms with Crippen LogP contribution >= 0.6 is 0 Å². The number of hydrogen-bond donors (Lipinski definition) is 2. The molecule has 0 aliphatic heterocycles. The van der Waals surface area contributed by atoms with E-state index in [9.17, 15) is 4.79 Å². The normalized spacial score (nSPS) is 13.4. The minimum atomic E-state index is -0.603. The molecule has 4 heteroatoms. The van der Waals surface area contributed by atoms with Gasteiger partial charge < -0.3 is 15.5 Å². The van der Waals surface area contributed by atoms with Crippen LogP contribution in [0.15, 0.2) is 65.8 Å². The van der Waals surface area contributed by atoms with Crippen LogP contribution in [0.4, 0.5) is 0 Å². The van der Waals surface area contributed by atoms with E-state index in [1.54, 1.807) is 18.4 Å². The van der Waals surface area contributed by atoms with Gasteiger partial charge in [-0.05, 0) is 24.1 Å². The van der Waals surface area contributed by atoms with Gasteiger partial charge in [0.05, 0.1) is 12.3 Å². The number of hydrogen-bond acceptors (Lipinski definition) is 3. The zero-order valence-electron chi connectivity index (χ0n) is 11.2. The van der Waals surface area contributed by atoms with Crippen LogP contribution in [0.5, 0.6) is 0 Å². The van der Waals surface area contributed by atoms with E-state index in [4.69, 9.17) is 10.2 Å². The maximum absolute atomic E-state index is 12.1. The number of nitrogens with one attached hydrogen (secondary N) is 1. The first-order valence-electron chi connectivity index (χ1n) is 6.47. The predicted octanol–water partition coefficient (Wildman–Crippen LogP) is 2.39. The first kappa shape index (κ1) is 14.1. The fourth-order valence-corrected chi connectivity index (χ4v) is 1.96. The zero-order valence-corrected chi connectivity index (χ0v) is 11.2. The molecule has 0 bridgehead atoms. The standard InChI is InChI=1S/C16H18N2O2/c1-2-7-13(17)16(19)18-15(14-10-6-11-20-14)12-8-4-3-5-9-12/h2-6,8-11,13,15H,1,7,17H2,(H,18,19). The highest BCUT2D eigenvalue weighted by molar-refractivity contribution is 5.82. The fraction of sp³-hybridized carbons (Fsp3) is 0.188. The quantitative estimate of drug-likeness (QED) is 0.792. The van der Waals surface area contributed by atoms with Gasteiger partial charge in [-0.2, -0.15) is 0 Å². The molecule has 2 rings (SSSR count). The highest BCUT2D eigenvalue weighted by Gasteiger charge is 2.21. The van der Waals surface area contributed by atoms with Crippen molar-refractivity contribution in [2.45, 2.75) is 18.5 Å². The largest absolute Gasteiger partial charge is 0.467 e. The first-order chi connectivity index (χ1) is 9.72. The molecule has 0 spiro atoms. The predicted molar refractivity (Wildman–Crippen MR) is 77.9 cm³/mol. The van der Waals surface area contributed by atoms with Gasteiger partial charge >= 0.3 is 0 Å². The Morgan fingerprint density at radius 1 is 1.30 bits per heavy atom. The van der Waals surface area contributed by atoms with E-state index < -0.39 is 6.04 Å². The van der Waals surface area contributed by atoms with E-state index in [0.29, 0.717) is 12.2 Å². The van der Waals surface area contributed by atoms with Gasteiger partial charge in [0.1, 0.15) is 11.8 Å². The Balaban J connectivity index is 2.20. The van der Waals surface area contributed by atoms with Crippen molar-refractivity contribution in [1.82, 2.24) is 5.32 Å². The molecule has 3 N–H and O–H groups in total. The highest BCUT2D eigenvalue weighted by Crippen LogP contribution is 2.22. The minimum Gasteiger partial charge on any atom is -0.467 e. The third kappa shape index (κ3) is 3.36. The SMILES string of the molecule is C=CCC(N)C(=O)NC(c1ccccc1)c1ccco1. The molecule has 20 heavy (non-hydrogen) atoms. The third-order valence-electron chi connectivity index (χ3n) is 3.00. The van der Waals surface area contributed by atoms with Crippen LogP contribution in [0.1, 0.15) is 23.8 Å². The smallest absolute Gasteiger partial charge is 0.238 e. The number of carbonyl (C=O) groups is 1. The lowest BCUT2D eigenvalue weighted by Crippen LogP contribution is -2.42. The monoisotopic (exact) mass is 270 g/mol. The number of carbonyl (C=O) groups excluding carboxylic acids is 1. The minimum absolute atomic E-state index is 0.227. The Labute approximate surface area is 118 Å². The van der Waals surface area contributed by atoms with Crippen molar-refractivity contribution in [2.75, 3.05) is 0 Å². The van der Waals surface area contributed by atoms with Crippen LogP contribution in [0, 0.1) is 0 Å². The second-order valence-electron chi connectivity index (χ2n) is 4.50. The molecular formula is C16H18N2O2. The van der Waals surface area contributed by atoms with Crippen LogP contribution in [0.25, 0.3) is 0 Å². The Morgan fingerprint density at radius 2 is 2.05 bits per heavy atom. The summed E-state index contributed by atoms with van der Waals surface area (Å²) in [5, 5.41) is 2.91. The second kappa shape index (κ2) is 6.73. The highest BCUT2D eigenvalue weighted by atomic mass is 16.3. The molecule has 1 amide bonds. The molecule has 0 saturated heterocycles. The lowest BCUT2D eigenvalue weighted by atomic mass is 10.0. The molecule has 2 atom stereocenters. The van der Waals surface area contributed by atoms with E-state index in [1.165, 1.54) is 0 Å². The van der Waals surface area contributed by atoms with E-state index in [2.05, 4.69) is 11.9 Å². The molecule has 0 aliphatic carbocycles. The van der Waals surface area contributed by atoms with Gasteiger partial charge in [0.2, 0.25) is 5.91 Å². The van der Waals surface area contributed by atoms with Gasteiger partial charge in [0.25, 0.3) is 0 Å². The van der Waals surface area contributed by atoms with E-state index in [0.717, 1.165) is 5.56 Å². The van der Waals surface area contributed by atoms with Crippen molar-refractivity contribution in [3.05, 3.63) is 72.7 Å². The fourth-order valence-electron chi connectivity index (χ4n) is 1.96. The van der Waals surface area contributed by atoms with Gasteiger partial charge in [0, 0.05) is 0 Å². The summed E-state index contributed by atoms with van der Waals surface area (Å²) in [7, 11) is 0. The Hall–Kier alpha value is -2.33. The summed E-state index contributed by atoms with van der Waals surface area (Å²) in [6.45, 7) is 3.59. The molecule has 1 aromatic carbocycles. The van der Waals surface area contributed by atoms with E-state index in [1.807, 2.05) is 36.4 Å². The number of rotatable bonds is 6. The number of nitrogens with two attached hydrogens (primary N) is 1. The molecule has 0 saturated carbocycles. The van der Waals surface area contributed by atoms with Crippen LogP contribution < -0.4 is 11.1 Å². The molecule has 1 aromatic heterocycles. The van der Waals surface area contributed by atoms with Crippen molar-refractivity contribution in [1.29, 1.82) is 0 Å². The summed E-state index contributed by atoms with van der Waals surface area (Å²) < 4.78 is 5.41. The molecule has 0 radical (unpaired) electrons. The van der Waals surface area contributed by atoms with Gasteiger partial charge in [-0.1, -0.05) is 36.4 Å². The molecule has 1 heterocycles. The average molecular weight is 270 g/mol. The summed E-state index contributed by atoms with van der Waals surface area (Å²) in [6.07, 6.45) is 3.65. The van der Waals surface area contributed by atoms with E-state index >= 15 is 0 Å². The zero-order chi connectivity index (χ0) is 14.4. The third-order valence-corrected chi connectivity index (χ3v) is 3.00. The van der Waals surface area contributed by atoms with Gasteiger partial charge in [0.15, 0.2) is 0 Å². The molecule has 104 valence electrons. The summed E-state index contributed by atoms with van der Waals surface area (Å²) >= 11 is 0. The second-order valence-corrected chi connectivity index (χ2v) is 4.50.